The van der Waals surface area contributed by atoms with E-state index in [1.165, 1.54) is 0 Å². The second-order valence-electron chi connectivity index (χ2n) is 6.34. The first kappa shape index (κ1) is 21.9. The predicted octanol–water partition coefficient (Wildman–Crippen LogP) is 6.59. The number of carbonyl (C=O) groups is 2. The molecule has 0 saturated carbocycles. The van der Waals surface area contributed by atoms with E-state index in [0.717, 1.165) is 35.5 Å². The molecule has 0 aliphatic heterocycles. The summed E-state index contributed by atoms with van der Waals surface area (Å²) in [6.45, 7) is 4.10. The number of ether oxygens (including phenoxy) is 1. The van der Waals surface area contributed by atoms with Crippen LogP contribution >= 0.6 is 11.8 Å². The van der Waals surface area contributed by atoms with Crippen molar-refractivity contribution in [2.75, 3.05) is 6.61 Å². The van der Waals surface area contributed by atoms with Crippen molar-refractivity contribution in [2.24, 2.45) is 4.99 Å². The van der Waals surface area contributed by atoms with E-state index in [1.807, 2.05) is 42.5 Å². The van der Waals surface area contributed by atoms with Gasteiger partial charge in [0.05, 0.1) is 12.3 Å². The van der Waals surface area contributed by atoms with Crippen molar-refractivity contribution < 1.29 is 14.3 Å². The maximum atomic E-state index is 12.9. The van der Waals surface area contributed by atoms with Gasteiger partial charge >= 0.3 is 6.09 Å². The molecule has 0 bridgehead atoms. The number of carbonyl (C=O) groups excluding carboxylic acids is 2. The lowest BCUT2D eigenvalue weighted by Gasteiger charge is -2.07. The molecule has 2 aromatic carbocycles. The van der Waals surface area contributed by atoms with Gasteiger partial charge in [-0.15, -0.1) is 0 Å². The SMILES string of the molecule is CCCCCCC(=NC(=O)OCC)C(=O)c1ccc(Sc2ccccc2)cc1. The highest BCUT2D eigenvalue weighted by Crippen LogP contribution is 2.27. The summed E-state index contributed by atoms with van der Waals surface area (Å²) >= 11 is 1.64. The number of hydrogen-bond acceptors (Lipinski definition) is 4. The van der Waals surface area contributed by atoms with Gasteiger partial charge in [-0.05, 0) is 56.2 Å². The molecule has 1 amide bonds. The molecular weight excluding hydrogens is 370 g/mol. The summed E-state index contributed by atoms with van der Waals surface area (Å²) in [6.07, 6.45) is 3.85. The first-order chi connectivity index (χ1) is 13.6. The molecule has 4 nitrogen and oxygen atoms in total. The smallest absolute Gasteiger partial charge is 0.433 e. The van der Waals surface area contributed by atoms with E-state index < -0.39 is 6.09 Å². The minimum atomic E-state index is -0.697. The molecule has 28 heavy (non-hydrogen) atoms. The fraction of sp³-hybridized carbons (Fsp3) is 0.348. The van der Waals surface area contributed by atoms with Gasteiger partial charge in [0, 0.05) is 15.4 Å². The van der Waals surface area contributed by atoms with Crippen molar-refractivity contribution in [2.45, 2.75) is 55.7 Å². The number of aliphatic imine (C=N–C) groups is 1. The summed E-state index contributed by atoms with van der Waals surface area (Å²) in [5.74, 6) is -0.208. The molecular formula is C23H27NO3S. The van der Waals surface area contributed by atoms with E-state index in [4.69, 9.17) is 4.74 Å². The third kappa shape index (κ3) is 7.31. The Bertz CT molecular complexity index is 785. The van der Waals surface area contributed by atoms with Crippen LogP contribution in [-0.4, -0.2) is 24.2 Å². The Morgan fingerprint density at radius 3 is 2.21 bits per heavy atom. The Kier molecular flexibility index (Phi) is 9.49. The van der Waals surface area contributed by atoms with Crippen LogP contribution < -0.4 is 0 Å². The van der Waals surface area contributed by atoms with Crippen LogP contribution in [0.4, 0.5) is 4.79 Å². The Labute approximate surface area is 171 Å². The highest BCUT2D eigenvalue weighted by molar-refractivity contribution is 7.99. The van der Waals surface area contributed by atoms with Crippen molar-refractivity contribution in [1.82, 2.24) is 0 Å². The van der Waals surface area contributed by atoms with Crippen LogP contribution in [0.25, 0.3) is 0 Å². The Morgan fingerprint density at radius 2 is 1.57 bits per heavy atom. The molecule has 0 unspecified atom stereocenters. The summed E-state index contributed by atoms with van der Waals surface area (Å²) in [4.78, 5) is 30.8. The van der Waals surface area contributed by atoms with Gasteiger partial charge in [0.1, 0.15) is 0 Å². The number of Topliss-reactive ketones (excluding diaryl/α,β-unsaturated/α-hetero) is 1. The lowest BCUT2D eigenvalue weighted by molar-refractivity contribution is 0.106. The van der Waals surface area contributed by atoms with Crippen LogP contribution in [0.1, 0.15) is 56.3 Å². The normalized spacial score (nSPS) is 11.3. The van der Waals surface area contributed by atoms with Gasteiger partial charge in [0.2, 0.25) is 5.78 Å². The van der Waals surface area contributed by atoms with Crippen LogP contribution in [-0.2, 0) is 4.74 Å². The Hall–Kier alpha value is -2.40. The lowest BCUT2D eigenvalue weighted by atomic mass is 10.0. The molecule has 0 radical (unpaired) electrons. The number of ketones is 1. The number of nitrogens with zero attached hydrogens (tertiary/aromatic N) is 1. The maximum Gasteiger partial charge on any atom is 0.433 e. The van der Waals surface area contributed by atoms with Gasteiger partial charge in [-0.25, -0.2) is 4.79 Å². The van der Waals surface area contributed by atoms with Crippen molar-refractivity contribution in [3.8, 4) is 0 Å². The predicted molar refractivity (Wildman–Crippen MR) is 115 cm³/mol. The molecule has 2 aromatic rings. The van der Waals surface area contributed by atoms with Gasteiger partial charge in [-0.3, -0.25) is 4.79 Å². The third-order valence-corrected chi connectivity index (χ3v) is 5.13. The van der Waals surface area contributed by atoms with Gasteiger partial charge < -0.3 is 4.74 Å². The molecule has 0 aliphatic carbocycles. The number of unbranched alkanes of at least 4 members (excludes halogenated alkanes) is 3. The largest absolute Gasteiger partial charge is 0.448 e. The fourth-order valence-corrected chi connectivity index (χ4v) is 3.51. The van der Waals surface area contributed by atoms with Crippen LogP contribution in [0.3, 0.4) is 0 Å². The van der Waals surface area contributed by atoms with Gasteiger partial charge in [-0.1, -0.05) is 56.1 Å². The quantitative estimate of drug-likeness (QED) is 0.258. The van der Waals surface area contributed by atoms with E-state index in [0.29, 0.717) is 12.0 Å². The zero-order chi connectivity index (χ0) is 20.2. The van der Waals surface area contributed by atoms with Gasteiger partial charge in [0.15, 0.2) is 0 Å². The topological polar surface area (TPSA) is 55.7 Å². The number of amides is 1. The standard InChI is InChI=1S/C23H27NO3S/c1-3-5-6-10-13-21(24-23(26)27-4-2)22(25)18-14-16-20(17-15-18)28-19-11-8-7-9-12-19/h7-9,11-12,14-17H,3-6,10,13H2,1-2H3. The lowest BCUT2D eigenvalue weighted by Crippen LogP contribution is -2.17. The van der Waals surface area contributed by atoms with Crippen molar-refractivity contribution in [3.05, 3.63) is 60.2 Å². The van der Waals surface area contributed by atoms with E-state index in [2.05, 4.69) is 11.9 Å². The third-order valence-electron chi connectivity index (χ3n) is 4.12. The maximum absolute atomic E-state index is 12.9. The first-order valence-electron chi connectivity index (χ1n) is 9.76. The summed E-state index contributed by atoms with van der Waals surface area (Å²) in [7, 11) is 0. The zero-order valence-electron chi connectivity index (χ0n) is 16.5. The second-order valence-corrected chi connectivity index (χ2v) is 7.48. The van der Waals surface area contributed by atoms with Crippen LogP contribution in [0.2, 0.25) is 0 Å². The second kappa shape index (κ2) is 12.1. The molecule has 0 aliphatic rings. The molecule has 2 rings (SSSR count). The average Bonchev–Trinajstić information content (AvgIpc) is 2.71. The molecule has 0 fully saturated rings. The minimum absolute atomic E-state index is 0.208. The summed E-state index contributed by atoms with van der Waals surface area (Å²) in [6, 6.07) is 17.5. The molecule has 0 spiro atoms. The first-order valence-corrected chi connectivity index (χ1v) is 10.6. The molecule has 5 heteroatoms. The zero-order valence-corrected chi connectivity index (χ0v) is 17.3. The fourth-order valence-electron chi connectivity index (χ4n) is 2.67. The molecule has 0 saturated heterocycles. The number of rotatable bonds is 10. The average molecular weight is 398 g/mol. The summed E-state index contributed by atoms with van der Waals surface area (Å²) in [5.41, 5.74) is 0.814. The van der Waals surface area contributed by atoms with Gasteiger partial charge in [-0.2, -0.15) is 4.99 Å². The highest BCUT2D eigenvalue weighted by atomic mass is 32.2. The molecule has 0 N–H and O–H groups in total. The monoisotopic (exact) mass is 397 g/mol. The van der Waals surface area contributed by atoms with Crippen LogP contribution in [0, 0.1) is 0 Å². The van der Waals surface area contributed by atoms with E-state index in [9.17, 15) is 9.59 Å². The Morgan fingerprint density at radius 1 is 0.893 bits per heavy atom. The molecule has 0 atom stereocenters. The van der Waals surface area contributed by atoms with E-state index >= 15 is 0 Å². The van der Waals surface area contributed by atoms with Crippen molar-refractivity contribution in [3.63, 3.8) is 0 Å². The number of hydrogen-bond donors (Lipinski definition) is 0. The number of benzene rings is 2. The summed E-state index contributed by atoms with van der Waals surface area (Å²) in [5, 5.41) is 0. The van der Waals surface area contributed by atoms with Crippen molar-refractivity contribution in [1.29, 1.82) is 0 Å². The van der Waals surface area contributed by atoms with E-state index in [-0.39, 0.29) is 18.1 Å². The van der Waals surface area contributed by atoms with Gasteiger partial charge in [0.25, 0.3) is 0 Å². The highest BCUT2D eigenvalue weighted by Gasteiger charge is 2.16. The minimum Gasteiger partial charge on any atom is -0.448 e. The van der Waals surface area contributed by atoms with Crippen LogP contribution in [0.5, 0.6) is 0 Å². The summed E-state index contributed by atoms with van der Waals surface area (Å²) < 4.78 is 4.89. The van der Waals surface area contributed by atoms with Crippen molar-refractivity contribution >= 4 is 29.4 Å². The molecule has 0 heterocycles. The Balaban J connectivity index is 2.09. The van der Waals surface area contributed by atoms with Crippen LogP contribution in [0.15, 0.2) is 69.4 Å². The molecule has 148 valence electrons. The van der Waals surface area contributed by atoms with E-state index in [1.54, 1.807) is 30.8 Å². The molecule has 0 aromatic heterocycles.